The summed E-state index contributed by atoms with van der Waals surface area (Å²) in [6, 6.07) is 16.4. The number of allylic oxidation sites excluding steroid dienone is 1. The fourth-order valence-electron chi connectivity index (χ4n) is 1.48. The summed E-state index contributed by atoms with van der Waals surface area (Å²) in [5.41, 5.74) is 0.584. The molecule has 0 amide bonds. The summed E-state index contributed by atoms with van der Waals surface area (Å²) in [5, 5.41) is 0. The van der Waals surface area contributed by atoms with Crippen LogP contribution < -0.4 is 4.74 Å². The molecule has 0 fully saturated rings. The predicted molar refractivity (Wildman–Crippen MR) is 67.0 cm³/mol. The Bertz CT molecular complexity index is 476. The third-order valence-electron chi connectivity index (χ3n) is 2.38. The van der Waals surface area contributed by atoms with Crippen LogP contribution in [0, 0.1) is 0 Å². The van der Waals surface area contributed by atoms with Gasteiger partial charge in [-0.25, -0.2) is 4.39 Å². The maximum Gasteiger partial charge on any atom is 0.143 e. The fraction of sp³-hybridized carbons (Fsp3) is 0.0667. The van der Waals surface area contributed by atoms with Gasteiger partial charge in [-0.15, -0.1) is 0 Å². The second kappa shape index (κ2) is 5.30. The number of rotatable bonds is 4. The molecule has 0 aliphatic heterocycles. The van der Waals surface area contributed by atoms with Crippen LogP contribution in [0.25, 0.3) is 0 Å². The minimum Gasteiger partial charge on any atom is -0.457 e. The highest BCUT2D eigenvalue weighted by molar-refractivity contribution is 5.34. The van der Waals surface area contributed by atoms with Crippen molar-refractivity contribution in [2.75, 3.05) is 0 Å². The van der Waals surface area contributed by atoms with E-state index in [1.54, 1.807) is 24.3 Å². The van der Waals surface area contributed by atoms with Crippen molar-refractivity contribution >= 4 is 0 Å². The smallest absolute Gasteiger partial charge is 0.143 e. The first-order valence-corrected chi connectivity index (χ1v) is 5.39. The van der Waals surface area contributed by atoms with Crippen molar-refractivity contribution in [2.24, 2.45) is 0 Å². The van der Waals surface area contributed by atoms with Crippen LogP contribution >= 0.6 is 0 Å². The van der Waals surface area contributed by atoms with Crippen LogP contribution in [0.2, 0.25) is 0 Å². The van der Waals surface area contributed by atoms with E-state index in [2.05, 4.69) is 6.58 Å². The quantitative estimate of drug-likeness (QED) is 0.690. The lowest BCUT2D eigenvalue weighted by molar-refractivity contribution is 0.414. The summed E-state index contributed by atoms with van der Waals surface area (Å²) in [5.74, 6) is 1.46. The number of para-hydroxylation sites is 1. The van der Waals surface area contributed by atoms with Gasteiger partial charge in [-0.3, -0.25) is 0 Å². The Hall–Kier alpha value is -2.09. The Kier molecular flexibility index (Phi) is 3.55. The average molecular weight is 228 g/mol. The number of halogens is 1. The largest absolute Gasteiger partial charge is 0.457 e. The molecule has 1 unspecified atom stereocenters. The summed E-state index contributed by atoms with van der Waals surface area (Å²) in [6.07, 6.45) is 0.147. The molecule has 0 aliphatic carbocycles. The lowest BCUT2D eigenvalue weighted by Crippen LogP contribution is -1.88. The highest BCUT2D eigenvalue weighted by Crippen LogP contribution is 2.24. The van der Waals surface area contributed by atoms with Gasteiger partial charge in [-0.1, -0.05) is 43.0 Å². The molecule has 0 heterocycles. The number of alkyl halides is 1. The van der Waals surface area contributed by atoms with E-state index in [9.17, 15) is 4.39 Å². The molecule has 17 heavy (non-hydrogen) atoms. The Balaban J connectivity index is 2.11. The third kappa shape index (κ3) is 2.94. The first kappa shape index (κ1) is 11.4. The summed E-state index contributed by atoms with van der Waals surface area (Å²) in [6.45, 7) is 3.42. The van der Waals surface area contributed by atoms with Crippen LogP contribution in [0.1, 0.15) is 11.7 Å². The maximum absolute atomic E-state index is 13.3. The first-order chi connectivity index (χ1) is 8.29. The van der Waals surface area contributed by atoms with Crippen molar-refractivity contribution in [1.82, 2.24) is 0 Å². The van der Waals surface area contributed by atoms with Crippen molar-refractivity contribution in [3.05, 3.63) is 72.8 Å². The van der Waals surface area contributed by atoms with E-state index in [0.29, 0.717) is 11.3 Å². The zero-order valence-electron chi connectivity index (χ0n) is 9.34. The zero-order chi connectivity index (χ0) is 12.1. The van der Waals surface area contributed by atoms with Gasteiger partial charge in [-0.05, 0) is 29.8 Å². The van der Waals surface area contributed by atoms with Gasteiger partial charge >= 0.3 is 0 Å². The molecule has 0 radical (unpaired) electrons. The standard InChI is InChI=1S/C15H13FO/c1-2-15(16)12-8-10-14(11-9-12)17-13-6-4-3-5-7-13/h2-11,15H,1H2. The lowest BCUT2D eigenvalue weighted by Gasteiger charge is -2.07. The molecule has 0 N–H and O–H groups in total. The SMILES string of the molecule is C=CC(F)c1ccc(Oc2ccccc2)cc1. The molecule has 0 saturated heterocycles. The number of benzene rings is 2. The van der Waals surface area contributed by atoms with Crippen LogP contribution in [0.5, 0.6) is 11.5 Å². The van der Waals surface area contributed by atoms with E-state index in [4.69, 9.17) is 4.74 Å². The van der Waals surface area contributed by atoms with Gasteiger partial charge in [0.05, 0.1) is 0 Å². The summed E-state index contributed by atoms with van der Waals surface area (Å²) < 4.78 is 18.9. The lowest BCUT2D eigenvalue weighted by atomic mass is 10.1. The molecular weight excluding hydrogens is 215 g/mol. The molecule has 0 spiro atoms. The fourth-order valence-corrected chi connectivity index (χ4v) is 1.48. The van der Waals surface area contributed by atoms with Crippen molar-refractivity contribution in [2.45, 2.75) is 6.17 Å². The highest BCUT2D eigenvalue weighted by Gasteiger charge is 2.04. The van der Waals surface area contributed by atoms with Crippen molar-refractivity contribution in [3.8, 4) is 11.5 Å². The van der Waals surface area contributed by atoms with E-state index < -0.39 is 6.17 Å². The molecule has 1 nitrogen and oxygen atoms in total. The molecule has 2 aromatic carbocycles. The topological polar surface area (TPSA) is 9.23 Å². The molecule has 2 aromatic rings. The molecule has 0 bridgehead atoms. The van der Waals surface area contributed by atoms with Gasteiger partial charge in [0.2, 0.25) is 0 Å². The van der Waals surface area contributed by atoms with Gasteiger partial charge < -0.3 is 4.74 Å². The first-order valence-electron chi connectivity index (χ1n) is 5.39. The molecule has 2 rings (SSSR count). The second-order valence-electron chi connectivity index (χ2n) is 3.62. The number of ether oxygens (including phenoxy) is 1. The Morgan fingerprint density at radius 3 is 2.12 bits per heavy atom. The van der Waals surface area contributed by atoms with E-state index in [-0.39, 0.29) is 0 Å². The molecular formula is C15H13FO. The van der Waals surface area contributed by atoms with E-state index in [0.717, 1.165) is 5.75 Å². The highest BCUT2D eigenvalue weighted by atomic mass is 19.1. The summed E-state index contributed by atoms with van der Waals surface area (Å²) in [7, 11) is 0. The maximum atomic E-state index is 13.3. The molecule has 0 aliphatic rings. The van der Waals surface area contributed by atoms with Gasteiger partial charge in [0.15, 0.2) is 0 Å². The van der Waals surface area contributed by atoms with Crippen LogP contribution in [-0.4, -0.2) is 0 Å². The minimum atomic E-state index is -1.12. The molecule has 1 atom stereocenters. The second-order valence-corrected chi connectivity index (χ2v) is 3.62. The Morgan fingerprint density at radius 2 is 1.53 bits per heavy atom. The Labute approximate surface area is 100 Å². The van der Waals surface area contributed by atoms with Crippen LogP contribution in [0.3, 0.4) is 0 Å². The molecule has 0 aromatic heterocycles. The Morgan fingerprint density at radius 1 is 0.941 bits per heavy atom. The summed E-state index contributed by atoms with van der Waals surface area (Å²) >= 11 is 0. The minimum absolute atomic E-state index is 0.584. The monoisotopic (exact) mass is 228 g/mol. The van der Waals surface area contributed by atoms with Gasteiger partial charge in [-0.2, -0.15) is 0 Å². The van der Waals surface area contributed by atoms with Crippen LogP contribution in [-0.2, 0) is 0 Å². The van der Waals surface area contributed by atoms with Gasteiger partial charge in [0.25, 0.3) is 0 Å². The molecule has 86 valence electrons. The zero-order valence-corrected chi connectivity index (χ0v) is 9.34. The normalized spacial score (nSPS) is 11.8. The third-order valence-corrected chi connectivity index (χ3v) is 2.38. The van der Waals surface area contributed by atoms with Crippen molar-refractivity contribution < 1.29 is 9.13 Å². The predicted octanol–water partition coefficient (Wildman–Crippen LogP) is 4.68. The van der Waals surface area contributed by atoms with Crippen molar-refractivity contribution in [1.29, 1.82) is 0 Å². The number of hydrogen-bond acceptors (Lipinski definition) is 1. The van der Waals surface area contributed by atoms with E-state index >= 15 is 0 Å². The summed E-state index contributed by atoms with van der Waals surface area (Å²) in [4.78, 5) is 0. The van der Waals surface area contributed by atoms with E-state index in [1.165, 1.54) is 6.08 Å². The van der Waals surface area contributed by atoms with Gasteiger partial charge in [0, 0.05) is 0 Å². The van der Waals surface area contributed by atoms with Gasteiger partial charge in [0.1, 0.15) is 17.7 Å². The number of hydrogen-bond donors (Lipinski definition) is 0. The van der Waals surface area contributed by atoms with Crippen LogP contribution in [0.15, 0.2) is 67.3 Å². The van der Waals surface area contributed by atoms with E-state index in [1.807, 2.05) is 30.3 Å². The van der Waals surface area contributed by atoms with Crippen molar-refractivity contribution in [3.63, 3.8) is 0 Å². The van der Waals surface area contributed by atoms with Crippen LogP contribution in [0.4, 0.5) is 4.39 Å². The average Bonchev–Trinajstić information content (AvgIpc) is 2.40. The molecule has 0 saturated carbocycles. The molecule has 2 heteroatoms.